The molecule has 0 unspecified atom stereocenters. The number of benzene rings is 2. The van der Waals surface area contributed by atoms with E-state index in [0.29, 0.717) is 6.54 Å². The lowest BCUT2D eigenvalue weighted by Crippen LogP contribution is -2.40. The van der Waals surface area contributed by atoms with Crippen LogP contribution in [0.5, 0.6) is 5.75 Å². The molecule has 6 nitrogen and oxygen atoms in total. The molecular weight excluding hydrogens is 488 g/mol. The lowest BCUT2D eigenvalue weighted by atomic mass is 9.96. The van der Waals surface area contributed by atoms with Crippen molar-refractivity contribution >= 4 is 39.4 Å². The smallest absolute Gasteiger partial charge is 0.223 e. The van der Waals surface area contributed by atoms with Crippen molar-refractivity contribution in [3.8, 4) is 5.75 Å². The first-order valence-electron chi connectivity index (χ1n) is 10.5. The van der Waals surface area contributed by atoms with Crippen LogP contribution in [0.15, 0.2) is 75.1 Å². The molecule has 4 rings (SSSR count). The summed E-state index contributed by atoms with van der Waals surface area (Å²) in [5.74, 6) is 1.83. The third-order valence-corrected chi connectivity index (χ3v) is 6.94. The van der Waals surface area contributed by atoms with Crippen molar-refractivity contribution in [2.45, 2.75) is 29.3 Å². The quantitative estimate of drug-likeness (QED) is 0.483. The Balaban J connectivity index is 1.24. The van der Waals surface area contributed by atoms with Gasteiger partial charge >= 0.3 is 0 Å². The summed E-state index contributed by atoms with van der Waals surface area (Å²) in [7, 11) is 1.64. The highest BCUT2D eigenvalue weighted by Gasteiger charge is 2.25. The summed E-state index contributed by atoms with van der Waals surface area (Å²) < 4.78 is 6.23. The average Bonchev–Trinajstić information content (AvgIpc) is 2.85. The highest BCUT2D eigenvalue weighted by Crippen LogP contribution is 2.28. The van der Waals surface area contributed by atoms with Gasteiger partial charge in [0.1, 0.15) is 10.8 Å². The summed E-state index contributed by atoms with van der Waals surface area (Å²) in [4.78, 5) is 15.9. The molecule has 0 bridgehead atoms. The Kier molecular flexibility index (Phi) is 7.65. The van der Waals surface area contributed by atoms with Gasteiger partial charge in [-0.05, 0) is 66.9 Å². The second-order valence-electron chi connectivity index (χ2n) is 7.61. The minimum atomic E-state index is 0.0321. The number of methoxy groups -OCH3 is 1. The number of anilines is 1. The molecule has 0 atom stereocenters. The van der Waals surface area contributed by atoms with Crippen LogP contribution in [0.1, 0.15) is 18.4 Å². The molecule has 1 amide bonds. The molecule has 32 heavy (non-hydrogen) atoms. The van der Waals surface area contributed by atoms with Crippen molar-refractivity contribution in [1.82, 2.24) is 15.5 Å². The Bertz CT molecular complexity index is 1020. The lowest BCUT2D eigenvalue weighted by Gasteiger charge is -2.31. The number of nitrogens with one attached hydrogen (secondary N) is 1. The minimum absolute atomic E-state index is 0.0321. The number of amides is 1. The predicted octanol–water partition coefficient (Wildman–Crippen LogP) is 4.93. The Hall–Kier alpha value is -2.58. The SMILES string of the molecule is COc1ccc(CNC(=O)C2CCN(c3ccc(Sc4ccc(Br)cc4)nn3)CC2)cc1. The maximum atomic E-state index is 12.6. The van der Waals surface area contributed by atoms with E-state index in [0.717, 1.165) is 57.5 Å². The van der Waals surface area contributed by atoms with E-state index in [-0.39, 0.29) is 11.8 Å². The fourth-order valence-electron chi connectivity index (χ4n) is 3.61. The molecule has 166 valence electrons. The van der Waals surface area contributed by atoms with Gasteiger partial charge in [0, 0.05) is 34.9 Å². The number of nitrogens with zero attached hydrogens (tertiary/aromatic N) is 3. The molecule has 1 fully saturated rings. The summed E-state index contributed by atoms with van der Waals surface area (Å²) >= 11 is 5.04. The average molecular weight is 513 g/mol. The highest BCUT2D eigenvalue weighted by molar-refractivity contribution is 9.10. The minimum Gasteiger partial charge on any atom is -0.497 e. The maximum Gasteiger partial charge on any atom is 0.223 e. The van der Waals surface area contributed by atoms with Gasteiger partial charge in [0.15, 0.2) is 5.82 Å². The first kappa shape index (κ1) is 22.6. The zero-order valence-corrected chi connectivity index (χ0v) is 20.2. The van der Waals surface area contributed by atoms with E-state index in [1.54, 1.807) is 18.9 Å². The van der Waals surface area contributed by atoms with Gasteiger partial charge in [0.25, 0.3) is 0 Å². The van der Waals surface area contributed by atoms with Crippen molar-refractivity contribution in [3.63, 3.8) is 0 Å². The van der Waals surface area contributed by atoms with Crippen LogP contribution < -0.4 is 15.0 Å². The summed E-state index contributed by atoms with van der Waals surface area (Å²) in [5, 5.41) is 12.7. The van der Waals surface area contributed by atoms with Gasteiger partial charge in [0.05, 0.1) is 7.11 Å². The van der Waals surface area contributed by atoms with Crippen molar-refractivity contribution in [3.05, 3.63) is 70.7 Å². The van der Waals surface area contributed by atoms with Crippen molar-refractivity contribution < 1.29 is 9.53 Å². The Morgan fingerprint density at radius 2 is 1.78 bits per heavy atom. The Morgan fingerprint density at radius 3 is 2.41 bits per heavy atom. The van der Waals surface area contributed by atoms with Gasteiger partial charge in [-0.15, -0.1) is 10.2 Å². The molecule has 0 spiro atoms. The second-order valence-corrected chi connectivity index (χ2v) is 9.62. The zero-order valence-electron chi connectivity index (χ0n) is 17.8. The van der Waals surface area contributed by atoms with Crippen LogP contribution in [-0.4, -0.2) is 36.3 Å². The van der Waals surface area contributed by atoms with E-state index in [2.05, 4.69) is 48.5 Å². The Morgan fingerprint density at radius 1 is 1.06 bits per heavy atom. The number of aromatic nitrogens is 2. The molecule has 0 aliphatic carbocycles. The van der Waals surface area contributed by atoms with E-state index in [1.165, 1.54) is 0 Å². The molecule has 0 saturated carbocycles. The van der Waals surface area contributed by atoms with E-state index in [9.17, 15) is 4.79 Å². The van der Waals surface area contributed by atoms with Crippen LogP contribution in [-0.2, 0) is 11.3 Å². The fourth-order valence-corrected chi connectivity index (χ4v) is 4.60. The number of piperidine rings is 1. The Labute approximate surface area is 200 Å². The zero-order chi connectivity index (χ0) is 22.3. The summed E-state index contributed by atoms with van der Waals surface area (Å²) in [6.45, 7) is 2.13. The van der Waals surface area contributed by atoms with Gasteiger partial charge < -0.3 is 15.0 Å². The van der Waals surface area contributed by atoms with Crippen LogP contribution in [0.4, 0.5) is 5.82 Å². The molecule has 1 N–H and O–H groups in total. The maximum absolute atomic E-state index is 12.6. The first-order valence-corrected chi connectivity index (χ1v) is 12.1. The van der Waals surface area contributed by atoms with Crippen LogP contribution >= 0.6 is 27.7 Å². The fraction of sp³-hybridized carbons (Fsp3) is 0.292. The van der Waals surface area contributed by atoms with E-state index < -0.39 is 0 Å². The molecule has 1 aliphatic rings. The largest absolute Gasteiger partial charge is 0.497 e. The molecule has 1 saturated heterocycles. The van der Waals surface area contributed by atoms with Crippen LogP contribution in [0.25, 0.3) is 0 Å². The lowest BCUT2D eigenvalue weighted by molar-refractivity contribution is -0.125. The van der Waals surface area contributed by atoms with E-state index in [1.807, 2.05) is 48.5 Å². The van der Waals surface area contributed by atoms with Gasteiger partial charge in [-0.25, -0.2) is 0 Å². The topological polar surface area (TPSA) is 67.3 Å². The van der Waals surface area contributed by atoms with Gasteiger partial charge in [-0.3, -0.25) is 4.79 Å². The third kappa shape index (κ3) is 6.01. The van der Waals surface area contributed by atoms with Gasteiger partial charge in [0.2, 0.25) is 5.91 Å². The standard InChI is InChI=1S/C24H25BrN4O2S/c1-31-20-6-2-17(3-7-20)16-26-24(30)18-12-14-29(15-13-18)22-10-11-23(28-27-22)32-21-8-4-19(25)5-9-21/h2-11,18H,12-16H2,1H3,(H,26,30). The second kappa shape index (κ2) is 10.8. The molecule has 1 aliphatic heterocycles. The number of ether oxygens (including phenoxy) is 1. The monoisotopic (exact) mass is 512 g/mol. The van der Waals surface area contributed by atoms with E-state index in [4.69, 9.17) is 4.74 Å². The number of hydrogen-bond donors (Lipinski definition) is 1. The predicted molar refractivity (Wildman–Crippen MR) is 130 cm³/mol. The molecule has 0 radical (unpaired) electrons. The number of carbonyl (C=O) groups is 1. The number of carbonyl (C=O) groups excluding carboxylic acids is 1. The highest BCUT2D eigenvalue weighted by atomic mass is 79.9. The van der Waals surface area contributed by atoms with Gasteiger partial charge in [-0.1, -0.05) is 39.8 Å². The first-order chi connectivity index (χ1) is 15.6. The molecule has 2 heterocycles. The van der Waals surface area contributed by atoms with Gasteiger partial charge in [-0.2, -0.15) is 0 Å². The number of halogens is 1. The third-order valence-electron chi connectivity index (χ3n) is 5.48. The number of hydrogen-bond acceptors (Lipinski definition) is 6. The van der Waals surface area contributed by atoms with Crippen LogP contribution in [0, 0.1) is 5.92 Å². The molecule has 2 aromatic carbocycles. The summed E-state index contributed by atoms with van der Waals surface area (Å²) in [5.41, 5.74) is 1.06. The molecule has 3 aromatic rings. The summed E-state index contributed by atoms with van der Waals surface area (Å²) in [6.07, 6.45) is 1.62. The molecule has 8 heteroatoms. The number of rotatable bonds is 7. The summed E-state index contributed by atoms with van der Waals surface area (Å²) in [6, 6.07) is 19.9. The van der Waals surface area contributed by atoms with Crippen molar-refractivity contribution in [2.24, 2.45) is 5.92 Å². The van der Waals surface area contributed by atoms with Crippen molar-refractivity contribution in [2.75, 3.05) is 25.1 Å². The molecule has 1 aromatic heterocycles. The van der Waals surface area contributed by atoms with Crippen LogP contribution in [0.2, 0.25) is 0 Å². The van der Waals surface area contributed by atoms with E-state index >= 15 is 0 Å². The van der Waals surface area contributed by atoms with Crippen LogP contribution in [0.3, 0.4) is 0 Å². The van der Waals surface area contributed by atoms with Crippen molar-refractivity contribution in [1.29, 1.82) is 0 Å². The normalized spacial score (nSPS) is 14.2. The molecular formula is C24H25BrN4O2S.